The molecule has 0 spiro atoms. The van der Waals surface area contributed by atoms with E-state index in [1.54, 1.807) is 12.1 Å². The lowest BCUT2D eigenvalue weighted by molar-refractivity contribution is 0.256. The molecule has 0 bridgehead atoms. The minimum atomic E-state index is -1.58. The Hall–Kier alpha value is -2.28. The van der Waals surface area contributed by atoms with Crippen LogP contribution in [0.2, 0.25) is 0 Å². The normalized spacial score (nSPS) is 10.8. The van der Waals surface area contributed by atoms with Crippen LogP contribution >= 0.6 is 0 Å². The van der Waals surface area contributed by atoms with Gasteiger partial charge >= 0.3 is 0 Å². The number of rotatable bonds is 7. The molecular weight excluding hydrogens is 326 g/mol. The van der Waals surface area contributed by atoms with Crippen LogP contribution in [0.3, 0.4) is 0 Å². The molecule has 130 valence electrons. The van der Waals surface area contributed by atoms with Crippen LogP contribution in [0.15, 0.2) is 24.3 Å². The van der Waals surface area contributed by atoms with Crippen LogP contribution in [0, 0.1) is 23.3 Å². The summed E-state index contributed by atoms with van der Waals surface area (Å²) >= 11 is 0. The molecule has 0 unspecified atom stereocenters. The van der Waals surface area contributed by atoms with Crippen LogP contribution in [0.25, 0.3) is 0 Å². The molecule has 0 aliphatic heterocycles. The van der Waals surface area contributed by atoms with Gasteiger partial charge in [0.1, 0.15) is 12.4 Å². The fourth-order valence-electron chi connectivity index (χ4n) is 2.23. The van der Waals surface area contributed by atoms with Crippen LogP contribution < -0.4 is 15.2 Å². The Morgan fingerprint density at radius 3 is 2.25 bits per heavy atom. The summed E-state index contributed by atoms with van der Waals surface area (Å²) in [5.41, 5.74) is 6.90. The van der Waals surface area contributed by atoms with Crippen LogP contribution in [0.1, 0.15) is 17.5 Å². The van der Waals surface area contributed by atoms with E-state index >= 15 is 0 Å². The van der Waals surface area contributed by atoms with E-state index < -0.39 is 29.0 Å². The van der Waals surface area contributed by atoms with Crippen molar-refractivity contribution in [3.63, 3.8) is 0 Å². The van der Waals surface area contributed by atoms with Gasteiger partial charge in [-0.05, 0) is 37.1 Å². The van der Waals surface area contributed by atoms with Crippen LogP contribution in [0.5, 0.6) is 11.5 Å². The number of hydrogen-bond donors (Lipinski definition) is 1. The first kappa shape index (κ1) is 18.1. The summed E-state index contributed by atoms with van der Waals surface area (Å²) in [6.07, 6.45) is 1.48. The van der Waals surface area contributed by atoms with Crippen molar-refractivity contribution in [2.75, 3.05) is 13.7 Å². The van der Waals surface area contributed by atoms with Crippen molar-refractivity contribution in [3.8, 4) is 11.5 Å². The lowest BCUT2D eigenvalue weighted by Crippen LogP contribution is -2.06. The molecule has 0 saturated carbocycles. The van der Waals surface area contributed by atoms with E-state index in [1.807, 2.05) is 6.07 Å². The third-order valence-corrected chi connectivity index (χ3v) is 3.46. The molecule has 2 N–H and O–H groups in total. The van der Waals surface area contributed by atoms with Crippen molar-refractivity contribution in [1.82, 2.24) is 0 Å². The second-order valence-corrected chi connectivity index (χ2v) is 5.12. The molecule has 2 aromatic carbocycles. The molecule has 3 nitrogen and oxygen atoms in total. The highest BCUT2D eigenvalue weighted by Crippen LogP contribution is 2.29. The smallest absolute Gasteiger partial charge is 0.203 e. The molecule has 0 aliphatic rings. The second-order valence-electron chi connectivity index (χ2n) is 5.12. The maximum Gasteiger partial charge on any atom is 0.203 e. The number of hydrogen-bond acceptors (Lipinski definition) is 3. The van der Waals surface area contributed by atoms with Gasteiger partial charge in [0.15, 0.2) is 17.4 Å². The SMILES string of the molecule is COc1ccc(CCCN)cc1COc1c(F)c(F)cc(F)c1F. The molecule has 0 aromatic heterocycles. The van der Waals surface area contributed by atoms with E-state index in [4.69, 9.17) is 15.2 Å². The Balaban J connectivity index is 2.25. The highest BCUT2D eigenvalue weighted by Gasteiger charge is 2.21. The van der Waals surface area contributed by atoms with Crippen LogP contribution in [-0.2, 0) is 13.0 Å². The first-order chi connectivity index (χ1) is 11.5. The van der Waals surface area contributed by atoms with Gasteiger partial charge in [0.25, 0.3) is 0 Å². The maximum absolute atomic E-state index is 13.6. The minimum Gasteiger partial charge on any atom is -0.496 e. The van der Waals surface area contributed by atoms with E-state index in [1.165, 1.54) is 7.11 Å². The summed E-state index contributed by atoms with van der Waals surface area (Å²) in [4.78, 5) is 0. The molecule has 0 amide bonds. The van der Waals surface area contributed by atoms with Gasteiger partial charge in [-0.15, -0.1) is 0 Å². The van der Waals surface area contributed by atoms with Gasteiger partial charge in [0, 0.05) is 11.6 Å². The molecule has 0 aliphatic carbocycles. The van der Waals surface area contributed by atoms with Gasteiger partial charge in [0.2, 0.25) is 11.6 Å². The van der Waals surface area contributed by atoms with Gasteiger partial charge in [-0.3, -0.25) is 0 Å². The fraction of sp³-hybridized carbons (Fsp3) is 0.294. The molecule has 2 aromatic rings. The number of nitrogens with two attached hydrogens (primary N) is 1. The predicted octanol–water partition coefficient (Wildman–Crippen LogP) is 3.72. The Bertz CT molecular complexity index is 696. The molecule has 24 heavy (non-hydrogen) atoms. The third-order valence-electron chi connectivity index (χ3n) is 3.46. The summed E-state index contributed by atoms with van der Waals surface area (Å²) in [5, 5.41) is 0. The van der Waals surface area contributed by atoms with Crippen molar-refractivity contribution in [2.24, 2.45) is 5.73 Å². The number of halogens is 4. The zero-order chi connectivity index (χ0) is 17.7. The molecule has 0 saturated heterocycles. The Morgan fingerprint density at radius 2 is 1.67 bits per heavy atom. The fourth-order valence-corrected chi connectivity index (χ4v) is 2.23. The first-order valence-electron chi connectivity index (χ1n) is 7.29. The molecule has 7 heteroatoms. The van der Waals surface area contributed by atoms with Gasteiger partial charge in [-0.1, -0.05) is 6.07 Å². The van der Waals surface area contributed by atoms with Crippen molar-refractivity contribution in [1.29, 1.82) is 0 Å². The summed E-state index contributed by atoms with van der Waals surface area (Å²) in [6, 6.07) is 5.38. The van der Waals surface area contributed by atoms with Gasteiger partial charge in [0.05, 0.1) is 7.11 Å². The van der Waals surface area contributed by atoms with Crippen molar-refractivity contribution >= 4 is 0 Å². The van der Waals surface area contributed by atoms with Gasteiger partial charge in [-0.25, -0.2) is 8.78 Å². The highest BCUT2D eigenvalue weighted by molar-refractivity contribution is 5.38. The predicted molar refractivity (Wildman–Crippen MR) is 81.0 cm³/mol. The number of ether oxygens (including phenoxy) is 2. The van der Waals surface area contributed by atoms with Crippen LogP contribution in [0.4, 0.5) is 17.6 Å². The second kappa shape index (κ2) is 8.01. The van der Waals surface area contributed by atoms with E-state index in [9.17, 15) is 17.6 Å². The Morgan fingerprint density at radius 1 is 1.00 bits per heavy atom. The summed E-state index contributed by atoms with van der Waals surface area (Å²) in [6.45, 7) is 0.216. The minimum absolute atomic E-state index is 0.131. The Labute approximate surface area is 137 Å². The number of benzene rings is 2. The number of aryl methyl sites for hydroxylation is 1. The quantitative estimate of drug-likeness (QED) is 0.616. The molecule has 0 radical (unpaired) electrons. The Kier molecular flexibility index (Phi) is 6.03. The summed E-state index contributed by atoms with van der Waals surface area (Å²) < 4.78 is 63.8. The lowest BCUT2D eigenvalue weighted by Gasteiger charge is -2.13. The standard InChI is InChI=1S/C17H17F4NO2/c1-23-14-5-4-10(3-2-6-22)7-11(14)9-24-17-15(20)12(18)8-13(19)16(17)21/h4-5,7-8H,2-3,6,9,22H2,1H3. The molecule has 0 heterocycles. The average Bonchev–Trinajstić information content (AvgIpc) is 2.58. The first-order valence-corrected chi connectivity index (χ1v) is 7.29. The van der Waals surface area contributed by atoms with E-state index in [-0.39, 0.29) is 12.7 Å². The van der Waals surface area contributed by atoms with E-state index in [2.05, 4.69) is 0 Å². The van der Waals surface area contributed by atoms with E-state index in [0.29, 0.717) is 24.3 Å². The van der Waals surface area contributed by atoms with Gasteiger partial charge < -0.3 is 15.2 Å². The summed E-state index contributed by atoms with van der Waals surface area (Å²) in [7, 11) is 1.43. The van der Waals surface area contributed by atoms with E-state index in [0.717, 1.165) is 12.0 Å². The largest absolute Gasteiger partial charge is 0.496 e. The lowest BCUT2D eigenvalue weighted by atomic mass is 10.1. The average molecular weight is 343 g/mol. The van der Waals surface area contributed by atoms with Crippen LogP contribution in [-0.4, -0.2) is 13.7 Å². The molecular formula is C17H17F4NO2. The van der Waals surface area contributed by atoms with Crippen molar-refractivity contribution in [2.45, 2.75) is 19.4 Å². The topological polar surface area (TPSA) is 44.5 Å². The maximum atomic E-state index is 13.6. The van der Waals surface area contributed by atoms with Crippen molar-refractivity contribution < 1.29 is 27.0 Å². The highest BCUT2D eigenvalue weighted by atomic mass is 19.2. The molecule has 0 fully saturated rings. The zero-order valence-electron chi connectivity index (χ0n) is 13.0. The molecule has 2 rings (SSSR count). The molecule has 0 atom stereocenters. The van der Waals surface area contributed by atoms with Crippen molar-refractivity contribution in [3.05, 3.63) is 58.7 Å². The monoisotopic (exact) mass is 343 g/mol. The third kappa shape index (κ3) is 3.97. The van der Waals surface area contributed by atoms with Gasteiger partial charge in [-0.2, -0.15) is 8.78 Å². The summed E-state index contributed by atoms with van der Waals surface area (Å²) in [5.74, 6) is -6.86. The zero-order valence-corrected chi connectivity index (χ0v) is 13.0. The number of methoxy groups -OCH3 is 1.